The van der Waals surface area contributed by atoms with Gasteiger partial charge in [0.25, 0.3) is 11.8 Å². The number of hydrogen-bond donors (Lipinski definition) is 4. The fourth-order valence-corrected chi connectivity index (χ4v) is 4.96. The van der Waals surface area contributed by atoms with Gasteiger partial charge in [0.1, 0.15) is 5.54 Å². The van der Waals surface area contributed by atoms with Crippen LogP contribution in [0.2, 0.25) is 0 Å². The molecule has 7 nitrogen and oxygen atoms in total. The third kappa shape index (κ3) is 3.61. The zero-order valence-corrected chi connectivity index (χ0v) is 16.7. The average molecular weight is 407 g/mol. The summed E-state index contributed by atoms with van der Waals surface area (Å²) in [7, 11) is 0. The molecule has 3 aliphatic rings. The van der Waals surface area contributed by atoms with Gasteiger partial charge in [-0.1, -0.05) is 18.6 Å². The fraction of sp³-hybridized carbons (Fsp3) is 0.550. The first-order valence-corrected chi connectivity index (χ1v) is 9.67. The van der Waals surface area contributed by atoms with E-state index in [1.54, 1.807) is 31.2 Å². The molecule has 3 atom stereocenters. The minimum atomic E-state index is -1.11. The van der Waals surface area contributed by atoms with Gasteiger partial charge in [-0.25, -0.2) is 4.79 Å². The Morgan fingerprint density at radius 3 is 2.29 bits per heavy atom. The lowest BCUT2D eigenvalue weighted by Gasteiger charge is -2.45. The summed E-state index contributed by atoms with van der Waals surface area (Å²) in [5.41, 5.74) is 6.25. The number of benzene rings is 1. The minimum absolute atomic E-state index is 0. The molecule has 2 bridgehead atoms. The number of nitrogens with two attached hydrogens (primary N) is 1. The van der Waals surface area contributed by atoms with Gasteiger partial charge in [-0.3, -0.25) is 14.9 Å². The number of urea groups is 1. The molecule has 1 heterocycles. The topological polar surface area (TPSA) is 113 Å². The van der Waals surface area contributed by atoms with Crippen LogP contribution in [0.1, 0.15) is 54.9 Å². The van der Waals surface area contributed by atoms with Crippen LogP contribution in [-0.4, -0.2) is 29.9 Å². The van der Waals surface area contributed by atoms with E-state index in [9.17, 15) is 14.4 Å². The van der Waals surface area contributed by atoms with Gasteiger partial charge >= 0.3 is 6.03 Å². The SMILES string of the molecule is CC1(c2ccc(C(=O)NC3C4CCCC3CC(N)C4)cc2)NC(=O)NC1=O.Cl. The largest absolute Gasteiger partial charge is 0.349 e. The molecular weight excluding hydrogens is 380 g/mol. The number of imide groups is 1. The van der Waals surface area contributed by atoms with Gasteiger partial charge in [0.05, 0.1) is 0 Å². The van der Waals surface area contributed by atoms with Crippen molar-refractivity contribution in [3.8, 4) is 0 Å². The van der Waals surface area contributed by atoms with E-state index in [1.807, 2.05) is 0 Å². The van der Waals surface area contributed by atoms with Crippen LogP contribution in [0.25, 0.3) is 0 Å². The smallest absolute Gasteiger partial charge is 0.322 e. The van der Waals surface area contributed by atoms with E-state index in [2.05, 4.69) is 16.0 Å². The molecule has 0 aromatic heterocycles. The quantitative estimate of drug-likeness (QED) is 0.573. The van der Waals surface area contributed by atoms with Crippen LogP contribution in [0.3, 0.4) is 0 Å². The summed E-state index contributed by atoms with van der Waals surface area (Å²) in [6.45, 7) is 1.65. The maximum Gasteiger partial charge on any atom is 0.322 e. The Bertz CT molecular complexity index is 770. The summed E-state index contributed by atoms with van der Waals surface area (Å²) in [6.07, 6.45) is 5.43. The zero-order valence-electron chi connectivity index (χ0n) is 15.9. The first kappa shape index (κ1) is 20.6. The van der Waals surface area contributed by atoms with E-state index in [0.717, 1.165) is 25.7 Å². The Hall–Kier alpha value is -2.12. The molecule has 4 rings (SSSR count). The van der Waals surface area contributed by atoms with Crippen LogP contribution in [-0.2, 0) is 10.3 Å². The molecule has 4 amide bonds. The second-order valence-electron chi connectivity index (χ2n) is 8.29. The summed E-state index contributed by atoms with van der Waals surface area (Å²) in [5, 5.41) is 8.10. The summed E-state index contributed by atoms with van der Waals surface area (Å²) in [6, 6.07) is 6.79. The van der Waals surface area contributed by atoms with Gasteiger partial charge in [0.15, 0.2) is 0 Å². The van der Waals surface area contributed by atoms with Crippen molar-refractivity contribution >= 4 is 30.3 Å². The molecular formula is C20H27ClN4O3. The van der Waals surface area contributed by atoms with Crippen molar-refractivity contribution in [1.82, 2.24) is 16.0 Å². The standard InChI is InChI=1S/C20H26N4O3.ClH/c1-20(18(26)23-19(27)24-20)14-7-5-11(6-8-14)17(25)22-16-12-3-2-4-13(16)10-15(21)9-12;/h5-8,12-13,15-16H,2-4,9-10,21H2,1H3,(H,22,25)(H2,23,24,26,27);1H. The van der Waals surface area contributed by atoms with Gasteiger partial charge in [-0.05, 0) is 62.1 Å². The molecule has 1 aromatic rings. The Morgan fingerprint density at radius 1 is 1.14 bits per heavy atom. The highest BCUT2D eigenvalue weighted by Gasteiger charge is 2.43. The first-order valence-electron chi connectivity index (χ1n) is 9.67. The van der Waals surface area contributed by atoms with E-state index in [1.165, 1.54) is 6.42 Å². The minimum Gasteiger partial charge on any atom is -0.349 e. The molecule has 8 heteroatoms. The third-order valence-corrected chi connectivity index (χ3v) is 6.44. The Kier molecular flexibility index (Phi) is 5.68. The average Bonchev–Trinajstić information content (AvgIpc) is 2.89. The molecule has 1 aromatic carbocycles. The monoisotopic (exact) mass is 406 g/mol. The number of carbonyl (C=O) groups is 3. The number of hydrogen-bond acceptors (Lipinski definition) is 4. The lowest BCUT2D eigenvalue weighted by Crippen LogP contribution is -2.53. The molecule has 2 saturated carbocycles. The lowest BCUT2D eigenvalue weighted by molar-refractivity contribution is -0.123. The summed E-state index contributed by atoms with van der Waals surface area (Å²) < 4.78 is 0. The van der Waals surface area contributed by atoms with E-state index in [-0.39, 0.29) is 30.4 Å². The van der Waals surface area contributed by atoms with Gasteiger partial charge in [0.2, 0.25) is 0 Å². The molecule has 152 valence electrons. The molecule has 3 fully saturated rings. The molecule has 1 saturated heterocycles. The van der Waals surface area contributed by atoms with E-state index in [4.69, 9.17) is 5.73 Å². The van der Waals surface area contributed by atoms with Crippen LogP contribution >= 0.6 is 12.4 Å². The highest BCUT2D eigenvalue weighted by atomic mass is 35.5. The maximum absolute atomic E-state index is 12.8. The predicted molar refractivity (Wildman–Crippen MR) is 107 cm³/mol. The van der Waals surface area contributed by atoms with Crippen molar-refractivity contribution < 1.29 is 14.4 Å². The Balaban J connectivity index is 0.00000225. The van der Waals surface area contributed by atoms with Crippen LogP contribution in [0, 0.1) is 11.8 Å². The Labute approximate surface area is 170 Å². The summed E-state index contributed by atoms with van der Waals surface area (Å²) in [5.74, 6) is 0.444. The van der Waals surface area contributed by atoms with Crippen molar-refractivity contribution in [2.24, 2.45) is 17.6 Å². The van der Waals surface area contributed by atoms with Crippen molar-refractivity contribution in [2.75, 3.05) is 0 Å². The molecule has 1 aliphatic heterocycles. The molecule has 28 heavy (non-hydrogen) atoms. The highest BCUT2D eigenvalue weighted by molar-refractivity contribution is 6.07. The van der Waals surface area contributed by atoms with Gasteiger partial charge < -0.3 is 16.4 Å². The molecule has 5 N–H and O–H groups in total. The number of amides is 4. The fourth-order valence-electron chi connectivity index (χ4n) is 4.96. The van der Waals surface area contributed by atoms with Crippen molar-refractivity contribution in [3.63, 3.8) is 0 Å². The number of halogens is 1. The number of carbonyl (C=O) groups excluding carboxylic acids is 3. The molecule has 2 aliphatic carbocycles. The predicted octanol–water partition coefficient (Wildman–Crippen LogP) is 1.80. The number of nitrogens with one attached hydrogen (secondary N) is 3. The zero-order chi connectivity index (χ0) is 19.2. The van der Waals surface area contributed by atoms with Gasteiger partial charge in [-0.2, -0.15) is 0 Å². The van der Waals surface area contributed by atoms with Crippen molar-refractivity contribution in [2.45, 2.75) is 56.7 Å². The second kappa shape index (κ2) is 7.72. The van der Waals surface area contributed by atoms with Crippen LogP contribution in [0.4, 0.5) is 4.79 Å². The normalized spacial score (nSPS) is 34.1. The van der Waals surface area contributed by atoms with Gasteiger partial charge in [0, 0.05) is 17.6 Å². The van der Waals surface area contributed by atoms with Crippen molar-refractivity contribution in [3.05, 3.63) is 35.4 Å². The molecule has 0 radical (unpaired) electrons. The summed E-state index contributed by atoms with van der Waals surface area (Å²) in [4.78, 5) is 36.2. The lowest BCUT2D eigenvalue weighted by atomic mass is 9.67. The van der Waals surface area contributed by atoms with E-state index < -0.39 is 17.5 Å². The van der Waals surface area contributed by atoms with Crippen LogP contribution in [0.15, 0.2) is 24.3 Å². The van der Waals surface area contributed by atoms with Crippen LogP contribution in [0.5, 0.6) is 0 Å². The molecule has 3 unspecified atom stereocenters. The number of rotatable bonds is 3. The third-order valence-electron chi connectivity index (χ3n) is 6.44. The number of fused-ring (bicyclic) bond motifs is 2. The van der Waals surface area contributed by atoms with Crippen LogP contribution < -0.4 is 21.7 Å². The van der Waals surface area contributed by atoms with Gasteiger partial charge in [-0.15, -0.1) is 12.4 Å². The second-order valence-corrected chi connectivity index (χ2v) is 8.29. The first-order chi connectivity index (χ1) is 12.9. The maximum atomic E-state index is 12.8. The molecule has 0 spiro atoms. The highest BCUT2D eigenvalue weighted by Crippen LogP contribution is 2.39. The van der Waals surface area contributed by atoms with Crippen molar-refractivity contribution in [1.29, 1.82) is 0 Å². The van der Waals surface area contributed by atoms with E-state index in [0.29, 0.717) is 23.0 Å². The van der Waals surface area contributed by atoms with E-state index >= 15 is 0 Å². The summed E-state index contributed by atoms with van der Waals surface area (Å²) >= 11 is 0. The Morgan fingerprint density at radius 2 is 1.75 bits per heavy atom.